The molecule has 0 bridgehead atoms. The number of esters is 1. The molecule has 0 saturated heterocycles. The number of carbonyl (C=O) groups is 1. The van der Waals surface area contributed by atoms with Crippen molar-refractivity contribution >= 4 is 17.6 Å². The third kappa shape index (κ3) is 1.93. The second kappa shape index (κ2) is 4.23. The van der Waals surface area contributed by atoms with E-state index in [1.165, 1.54) is 14.2 Å². The smallest absolute Gasteiger partial charge is 0.358 e. The molecule has 0 aliphatic rings. The van der Waals surface area contributed by atoms with Gasteiger partial charge in [0.25, 0.3) is 5.88 Å². The summed E-state index contributed by atoms with van der Waals surface area (Å²) in [6.45, 7) is 0. The van der Waals surface area contributed by atoms with Crippen LogP contribution in [0.1, 0.15) is 10.5 Å². The van der Waals surface area contributed by atoms with Gasteiger partial charge in [-0.3, -0.25) is 0 Å². The molecule has 1 heterocycles. The average Bonchev–Trinajstić information content (AvgIpc) is 2.17. The van der Waals surface area contributed by atoms with Crippen molar-refractivity contribution in [2.45, 2.75) is 0 Å². The third-order valence-electron chi connectivity index (χ3n) is 1.47. The van der Waals surface area contributed by atoms with Crippen molar-refractivity contribution in [3.8, 4) is 5.88 Å². The number of nitrogens with zero attached hydrogens (tertiary/aromatic N) is 1. The Bertz CT molecular complexity index is 370. The first-order valence-corrected chi connectivity index (χ1v) is 3.96. The molecule has 0 spiro atoms. The fourth-order valence-corrected chi connectivity index (χ4v) is 1.05. The Morgan fingerprint density at radius 2 is 2.21 bits per heavy atom. The summed E-state index contributed by atoms with van der Waals surface area (Å²) < 4.78 is 21.9. The topological polar surface area (TPSA) is 48.4 Å². The maximum atomic E-state index is 13.0. The van der Waals surface area contributed by atoms with Crippen LogP contribution in [0.3, 0.4) is 0 Å². The molecular weight excluding hydrogens is 213 g/mol. The number of halogens is 2. The van der Waals surface area contributed by atoms with E-state index in [1.807, 2.05) is 0 Å². The van der Waals surface area contributed by atoms with Gasteiger partial charge in [0.1, 0.15) is 0 Å². The molecule has 4 nitrogen and oxygen atoms in total. The Morgan fingerprint density at radius 1 is 1.57 bits per heavy atom. The molecule has 0 saturated carbocycles. The van der Waals surface area contributed by atoms with Crippen LogP contribution in [-0.2, 0) is 4.74 Å². The van der Waals surface area contributed by atoms with E-state index in [2.05, 4.69) is 14.5 Å². The highest BCUT2D eigenvalue weighted by Crippen LogP contribution is 2.22. The number of methoxy groups -OCH3 is 2. The van der Waals surface area contributed by atoms with Crippen molar-refractivity contribution < 1.29 is 18.7 Å². The van der Waals surface area contributed by atoms with Crippen LogP contribution < -0.4 is 4.74 Å². The molecule has 0 amide bonds. The van der Waals surface area contributed by atoms with Crippen LogP contribution in [0.4, 0.5) is 4.39 Å². The van der Waals surface area contributed by atoms with Gasteiger partial charge in [-0.2, -0.15) is 0 Å². The van der Waals surface area contributed by atoms with Crippen LogP contribution in [0.15, 0.2) is 6.07 Å². The minimum absolute atomic E-state index is 0.116. The van der Waals surface area contributed by atoms with Gasteiger partial charge in [0.15, 0.2) is 11.5 Å². The lowest BCUT2D eigenvalue weighted by molar-refractivity contribution is 0.0593. The van der Waals surface area contributed by atoms with E-state index in [0.717, 1.165) is 6.07 Å². The second-order valence-corrected chi connectivity index (χ2v) is 2.71. The fourth-order valence-electron chi connectivity index (χ4n) is 0.833. The average molecular weight is 220 g/mol. The van der Waals surface area contributed by atoms with Gasteiger partial charge in [-0.25, -0.2) is 14.2 Å². The largest absolute Gasteiger partial charge is 0.479 e. The van der Waals surface area contributed by atoms with Gasteiger partial charge in [-0.1, -0.05) is 11.6 Å². The Hall–Kier alpha value is -1.36. The summed E-state index contributed by atoms with van der Waals surface area (Å²) in [5, 5.41) is -0.116. The van der Waals surface area contributed by atoms with E-state index in [1.54, 1.807) is 0 Å². The van der Waals surface area contributed by atoms with Gasteiger partial charge in [0.2, 0.25) is 0 Å². The Labute approximate surface area is 84.6 Å². The number of rotatable bonds is 2. The minimum Gasteiger partial charge on any atom is -0.479 e. The maximum Gasteiger partial charge on any atom is 0.358 e. The monoisotopic (exact) mass is 219 g/mol. The van der Waals surface area contributed by atoms with Gasteiger partial charge in [0.05, 0.1) is 19.2 Å². The molecule has 0 radical (unpaired) electrons. The lowest BCUT2D eigenvalue weighted by Crippen LogP contribution is -2.07. The molecule has 0 aliphatic heterocycles. The quantitative estimate of drug-likeness (QED) is 0.710. The Kier molecular flexibility index (Phi) is 3.24. The molecule has 76 valence electrons. The standard InChI is InChI=1S/C8H7ClFNO3/c1-13-7-5(10)3-4(9)6(11-7)8(12)14-2/h3H,1-2H3. The van der Waals surface area contributed by atoms with Crippen LogP contribution >= 0.6 is 11.6 Å². The van der Waals surface area contributed by atoms with Crippen LogP contribution in [-0.4, -0.2) is 25.2 Å². The summed E-state index contributed by atoms with van der Waals surface area (Å²) in [7, 11) is 2.41. The molecule has 1 aromatic heterocycles. The summed E-state index contributed by atoms with van der Waals surface area (Å²) in [6.07, 6.45) is 0. The third-order valence-corrected chi connectivity index (χ3v) is 1.76. The summed E-state index contributed by atoms with van der Waals surface area (Å²) in [5.41, 5.74) is -0.174. The minimum atomic E-state index is -0.742. The lowest BCUT2D eigenvalue weighted by atomic mass is 10.3. The Balaban J connectivity index is 3.24. The number of aromatic nitrogens is 1. The van der Waals surface area contributed by atoms with Gasteiger partial charge in [-0.15, -0.1) is 0 Å². The lowest BCUT2D eigenvalue weighted by Gasteiger charge is -2.04. The van der Waals surface area contributed by atoms with E-state index in [-0.39, 0.29) is 16.6 Å². The number of ether oxygens (including phenoxy) is 2. The first-order chi connectivity index (χ1) is 6.60. The molecular formula is C8H7ClFNO3. The van der Waals surface area contributed by atoms with E-state index in [0.29, 0.717) is 0 Å². The van der Waals surface area contributed by atoms with Gasteiger partial charge < -0.3 is 9.47 Å². The molecule has 14 heavy (non-hydrogen) atoms. The highest BCUT2D eigenvalue weighted by atomic mass is 35.5. The maximum absolute atomic E-state index is 13.0. The highest BCUT2D eigenvalue weighted by molar-refractivity contribution is 6.33. The summed E-state index contributed by atoms with van der Waals surface area (Å²) in [6, 6.07) is 0.944. The van der Waals surface area contributed by atoms with Crippen LogP contribution in [0.5, 0.6) is 5.88 Å². The highest BCUT2D eigenvalue weighted by Gasteiger charge is 2.17. The van der Waals surface area contributed by atoms with Crippen molar-refractivity contribution in [1.82, 2.24) is 4.98 Å². The summed E-state index contributed by atoms with van der Waals surface area (Å²) in [4.78, 5) is 14.6. The molecule has 0 aliphatic carbocycles. The molecule has 0 aromatic carbocycles. The van der Waals surface area contributed by atoms with Crippen molar-refractivity contribution in [3.63, 3.8) is 0 Å². The molecule has 0 atom stereocenters. The fraction of sp³-hybridized carbons (Fsp3) is 0.250. The van der Waals surface area contributed by atoms with Gasteiger partial charge >= 0.3 is 5.97 Å². The van der Waals surface area contributed by atoms with E-state index in [9.17, 15) is 9.18 Å². The van der Waals surface area contributed by atoms with Gasteiger partial charge in [0, 0.05) is 6.07 Å². The van der Waals surface area contributed by atoms with E-state index >= 15 is 0 Å². The normalized spacial score (nSPS) is 9.71. The molecule has 6 heteroatoms. The van der Waals surface area contributed by atoms with Crippen LogP contribution in [0, 0.1) is 5.82 Å². The molecule has 1 rings (SSSR count). The number of hydrogen-bond donors (Lipinski definition) is 0. The van der Waals surface area contributed by atoms with Crippen molar-refractivity contribution in [1.29, 1.82) is 0 Å². The van der Waals surface area contributed by atoms with Crippen LogP contribution in [0.2, 0.25) is 5.02 Å². The number of carbonyl (C=O) groups excluding carboxylic acids is 1. The van der Waals surface area contributed by atoms with E-state index < -0.39 is 11.8 Å². The Morgan fingerprint density at radius 3 is 2.71 bits per heavy atom. The molecule has 0 fully saturated rings. The van der Waals surface area contributed by atoms with Crippen molar-refractivity contribution in [2.24, 2.45) is 0 Å². The van der Waals surface area contributed by atoms with Crippen LogP contribution in [0.25, 0.3) is 0 Å². The van der Waals surface area contributed by atoms with E-state index in [4.69, 9.17) is 11.6 Å². The predicted octanol–water partition coefficient (Wildman–Crippen LogP) is 1.67. The second-order valence-electron chi connectivity index (χ2n) is 2.30. The van der Waals surface area contributed by atoms with Crippen molar-refractivity contribution in [2.75, 3.05) is 14.2 Å². The summed E-state index contributed by atoms with van der Waals surface area (Å²) >= 11 is 5.57. The molecule has 1 aromatic rings. The van der Waals surface area contributed by atoms with Crippen molar-refractivity contribution in [3.05, 3.63) is 22.6 Å². The zero-order chi connectivity index (χ0) is 10.7. The first kappa shape index (κ1) is 10.7. The molecule has 0 N–H and O–H groups in total. The first-order valence-electron chi connectivity index (χ1n) is 3.58. The number of hydrogen-bond acceptors (Lipinski definition) is 4. The van der Waals surface area contributed by atoms with Gasteiger partial charge in [-0.05, 0) is 0 Å². The SMILES string of the molecule is COC(=O)c1nc(OC)c(F)cc1Cl. The number of pyridine rings is 1. The zero-order valence-electron chi connectivity index (χ0n) is 7.51. The summed E-state index contributed by atoms with van der Waals surface area (Å²) in [5.74, 6) is -1.77. The predicted molar refractivity (Wildman–Crippen MR) is 47.1 cm³/mol. The molecule has 0 unspecified atom stereocenters. The zero-order valence-corrected chi connectivity index (χ0v) is 8.26.